The Morgan fingerprint density at radius 3 is 2.52 bits per heavy atom. The van der Waals surface area contributed by atoms with E-state index in [-0.39, 0.29) is 12.3 Å². The fourth-order valence-corrected chi connectivity index (χ4v) is 3.22. The number of rotatable bonds is 3. The van der Waals surface area contributed by atoms with Crippen LogP contribution in [-0.2, 0) is 19.1 Å². The molecule has 0 radical (unpaired) electrons. The van der Waals surface area contributed by atoms with Gasteiger partial charge < -0.3 is 19.7 Å². The van der Waals surface area contributed by atoms with Crippen molar-refractivity contribution >= 4 is 11.8 Å². The first-order valence-corrected chi connectivity index (χ1v) is 9.26. The van der Waals surface area contributed by atoms with Crippen molar-refractivity contribution < 1.29 is 29.3 Å². The third kappa shape index (κ3) is 6.04. The van der Waals surface area contributed by atoms with E-state index in [9.17, 15) is 19.8 Å². The minimum atomic E-state index is -2.12. The standard InChI is InChI=1S/C21H32O6/c1-7-18-15(4)9-13(2)8-14(3)10-17(26-6)11-21(25,12-22)19(23)16(5)20(24)27-18/h9-10,14,16,18,22,25H,2,7-8,11-12H2,1,3-6H3/b15-9+,17-10-/t14-,16+,18+,21+/m0/s1. The lowest BCUT2D eigenvalue weighted by atomic mass is 9.86. The van der Waals surface area contributed by atoms with Crippen LogP contribution in [0.1, 0.15) is 47.0 Å². The molecule has 4 atom stereocenters. The number of ether oxygens (including phenoxy) is 2. The average Bonchev–Trinajstić information content (AvgIpc) is 2.62. The second kappa shape index (κ2) is 9.85. The summed E-state index contributed by atoms with van der Waals surface area (Å²) < 4.78 is 10.8. The summed E-state index contributed by atoms with van der Waals surface area (Å²) in [5.41, 5.74) is -0.402. The molecule has 0 amide bonds. The number of aliphatic hydroxyl groups excluding tert-OH is 1. The lowest BCUT2D eigenvalue weighted by Crippen LogP contribution is -2.48. The Morgan fingerprint density at radius 1 is 1.37 bits per heavy atom. The van der Waals surface area contributed by atoms with E-state index < -0.39 is 36.0 Å². The van der Waals surface area contributed by atoms with Crippen LogP contribution in [-0.4, -0.2) is 47.4 Å². The van der Waals surface area contributed by atoms with Crippen LogP contribution in [0.15, 0.2) is 35.6 Å². The number of cyclic esters (lactones) is 1. The SMILES string of the molecule is C=C1/C=C(\C)[C@@H](CC)OC(=O)[C@H](C)C(=O)[C@](O)(CO)C/C(OC)=C/[C@@H](C)C1. The summed E-state index contributed by atoms with van der Waals surface area (Å²) in [5.74, 6) is -2.33. The number of Topliss-reactive ketones (excluding diaryl/α,β-unsaturated/α-hetero) is 1. The summed E-state index contributed by atoms with van der Waals surface area (Å²) in [7, 11) is 1.44. The van der Waals surface area contributed by atoms with Crippen molar-refractivity contribution in [2.45, 2.75) is 58.7 Å². The van der Waals surface area contributed by atoms with Crippen molar-refractivity contribution in [1.82, 2.24) is 0 Å². The molecule has 0 aliphatic carbocycles. The molecule has 0 saturated carbocycles. The summed E-state index contributed by atoms with van der Waals surface area (Å²) in [6.45, 7) is 10.3. The number of aliphatic hydroxyl groups is 2. The topological polar surface area (TPSA) is 93.1 Å². The second-order valence-electron chi connectivity index (χ2n) is 7.35. The van der Waals surface area contributed by atoms with Crippen LogP contribution in [0.25, 0.3) is 0 Å². The molecule has 1 heterocycles. The number of ketones is 1. The normalized spacial score (nSPS) is 35.4. The van der Waals surface area contributed by atoms with Crippen molar-refractivity contribution in [2.75, 3.05) is 13.7 Å². The molecule has 6 heteroatoms. The van der Waals surface area contributed by atoms with Gasteiger partial charge in [0.1, 0.15) is 12.0 Å². The number of allylic oxidation sites excluding steroid dienone is 3. The third-order valence-corrected chi connectivity index (χ3v) is 4.82. The van der Waals surface area contributed by atoms with E-state index in [0.29, 0.717) is 18.6 Å². The maximum Gasteiger partial charge on any atom is 0.316 e. The van der Waals surface area contributed by atoms with Crippen molar-refractivity contribution in [3.63, 3.8) is 0 Å². The number of hydrogen-bond acceptors (Lipinski definition) is 6. The molecule has 1 rings (SSSR count). The minimum Gasteiger partial charge on any atom is -0.501 e. The highest BCUT2D eigenvalue weighted by Crippen LogP contribution is 2.27. The molecule has 27 heavy (non-hydrogen) atoms. The van der Waals surface area contributed by atoms with Crippen molar-refractivity contribution in [1.29, 1.82) is 0 Å². The molecule has 1 aliphatic rings. The van der Waals surface area contributed by atoms with Crippen LogP contribution < -0.4 is 0 Å². The van der Waals surface area contributed by atoms with Gasteiger partial charge in [-0.25, -0.2) is 0 Å². The summed E-state index contributed by atoms with van der Waals surface area (Å²) >= 11 is 0. The van der Waals surface area contributed by atoms with Gasteiger partial charge in [0.05, 0.1) is 19.5 Å². The molecular weight excluding hydrogens is 348 g/mol. The quantitative estimate of drug-likeness (QED) is 0.578. The smallest absolute Gasteiger partial charge is 0.316 e. The molecule has 0 saturated heterocycles. The number of esters is 1. The summed E-state index contributed by atoms with van der Waals surface area (Å²) in [4.78, 5) is 25.2. The maximum absolute atomic E-state index is 12.7. The molecule has 6 nitrogen and oxygen atoms in total. The van der Waals surface area contributed by atoms with Gasteiger partial charge >= 0.3 is 5.97 Å². The van der Waals surface area contributed by atoms with Crippen LogP contribution in [0.3, 0.4) is 0 Å². The molecule has 0 unspecified atom stereocenters. The fourth-order valence-electron chi connectivity index (χ4n) is 3.22. The van der Waals surface area contributed by atoms with Gasteiger partial charge in [-0.15, -0.1) is 0 Å². The van der Waals surface area contributed by atoms with Gasteiger partial charge in [-0.05, 0) is 44.3 Å². The first-order chi connectivity index (χ1) is 12.6. The highest BCUT2D eigenvalue weighted by Gasteiger charge is 2.42. The number of carbonyl (C=O) groups is 2. The predicted molar refractivity (Wildman–Crippen MR) is 103 cm³/mol. The Bertz CT molecular complexity index is 633. The zero-order valence-corrected chi connectivity index (χ0v) is 16.9. The Balaban J connectivity index is 3.38. The molecule has 152 valence electrons. The monoisotopic (exact) mass is 380 g/mol. The Morgan fingerprint density at radius 2 is 2.00 bits per heavy atom. The number of carbonyl (C=O) groups excluding carboxylic acids is 2. The predicted octanol–water partition coefficient (Wildman–Crippen LogP) is 2.70. The van der Waals surface area contributed by atoms with E-state index in [1.807, 2.05) is 26.8 Å². The van der Waals surface area contributed by atoms with Gasteiger partial charge in [-0.3, -0.25) is 9.59 Å². The second-order valence-corrected chi connectivity index (χ2v) is 7.35. The van der Waals surface area contributed by atoms with E-state index >= 15 is 0 Å². The zero-order chi connectivity index (χ0) is 20.8. The van der Waals surface area contributed by atoms with Gasteiger partial charge in [0.15, 0.2) is 11.4 Å². The van der Waals surface area contributed by atoms with Gasteiger partial charge in [0.25, 0.3) is 0 Å². The molecule has 0 bridgehead atoms. The number of methoxy groups -OCH3 is 1. The fraction of sp³-hybridized carbons (Fsp3) is 0.619. The lowest BCUT2D eigenvalue weighted by Gasteiger charge is -2.29. The van der Waals surface area contributed by atoms with Gasteiger partial charge in [-0.2, -0.15) is 0 Å². The molecule has 0 fully saturated rings. The van der Waals surface area contributed by atoms with Crippen molar-refractivity contribution in [3.8, 4) is 0 Å². The summed E-state index contributed by atoms with van der Waals surface area (Å²) in [6.07, 6.45) is 4.19. The first kappa shape index (κ1) is 23.1. The third-order valence-electron chi connectivity index (χ3n) is 4.82. The lowest BCUT2D eigenvalue weighted by molar-refractivity contribution is -0.162. The van der Waals surface area contributed by atoms with Gasteiger partial charge in [0, 0.05) is 6.42 Å². The van der Waals surface area contributed by atoms with Crippen molar-refractivity contribution in [2.24, 2.45) is 11.8 Å². The summed E-state index contributed by atoms with van der Waals surface area (Å²) in [6, 6.07) is 0. The number of hydrogen-bond donors (Lipinski definition) is 2. The van der Waals surface area contributed by atoms with Gasteiger partial charge in [0.2, 0.25) is 0 Å². The Labute approximate surface area is 161 Å². The Hall–Kier alpha value is -1.92. The highest BCUT2D eigenvalue weighted by atomic mass is 16.5. The largest absolute Gasteiger partial charge is 0.501 e. The molecule has 2 N–H and O–H groups in total. The highest BCUT2D eigenvalue weighted by molar-refractivity contribution is 6.03. The first-order valence-electron chi connectivity index (χ1n) is 9.26. The minimum absolute atomic E-state index is 0.0394. The van der Waals surface area contributed by atoms with E-state index in [1.54, 1.807) is 6.08 Å². The van der Waals surface area contributed by atoms with Crippen LogP contribution in [0.2, 0.25) is 0 Å². The maximum atomic E-state index is 12.7. The summed E-state index contributed by atoms with van der Waals surface area (Å²) in [5, 5.41) is 20.4. The van der Waals surface area contributed by atoms with Crippen LogP contribution in [0, 0.1) is 11.8 Å². The average molecular weight is 380 g/mol. The Kier molecular flexibility index (Phi) is 8.44. The van der Waals surface area contributed by atoms with Gasteiger partial charge in [-0.1, -0.05) is 32.1 Å². The van der Waals surface area contributed by atoms with E-state index in [4.69, 9.17) is 9.47 Å². The van der Waals surface area contributed by atoms with E-state index in [1.165, 1.54) is 14.0 Å². The molecule has 0 aromatic carbocycles. The van der Waals surface area contributed by atoms with Crippen LogP contribution >= 0.6 is 0 Å². The molecule has 0 spiro atoms. The molecule has 0 aromatic rings. The van der Waals surface area contributed by atoms with Crippen molar-refractivity contribution in [3.05, 3.63) is 35.6 Å². The zero-order valence-electron chi connectivity index (χ0n) is 16.9. The molecular formula is C21H32O6. The van der Waals surface area contributed by atoms with E-state index in [2.05, 4.69) is 6.58 Å². The van der Waals surface area contributed by atoms with E-state index in [0.717, 1.165) is 11.1 Å². The van der Waals surface area contributed by atoms with Crippen LogP contribution in [0.4, 0.5) is 0 Å². The molecule has 1 aliphatic heterocycles. The molecule has 0 aromatic heterocycles. The van der Waals surface area contributed by atoms with Crippen LogP contribution in [0.5, 0.6) is 0 Å².